The smallest absolute Gasteiger partial charge is 0.305 e. The van der Waals surface area contributed by atoms with Crippen molar-refractivity contribution in [1.82, 2.24) is 10.6 Å². The van der Waals surface area contributed by atoms with E-state index in [1.807, 2.05) is 26.0 Å². The van der Waals surface area contributed by atoms with Crippen molar-refractivity contribution < 1.29 is 9.53 Å². The van der Waals surface area contributed by atoms with Gasteiger partial charge in [-0.05, 0) is 38.3 Å². The number of carbonyl (C=O) groups is 1. The monoisotopic (exact) mass is 433 g/mol. The maximum absolute atomic E-state index is 11.3. The molecule has 0 unspecified atom stereocenters. The fourth-order valence-corrected chi connectivity index (χ4v) is 1.97. The first-order valence-corrected chi connectivity index (χ1v) is 7.89. The van der Waals surface area contributed by atoms with Gasteiger partial charge in [0.25, 0.3) is 0 Å². The molecule has 0 aromatic heterocycles. The molecule has 0 amide bonds. The number of benzene rings is 1. The fraction of sp³-hybridized carbons (Fsp3) is 0.529. The molecule has 0 radical (unpaired) electrons. The molecule has 1 aromatic rings. The zero-order valence-electron chi connectivity index (χ0n) is 14.2. The molecule has 0 aliphatic heterocycles. The van der Waals surface area contributed by atoms with Crippen LogP contribution in [0.5, 0.6) is 0 Å². The van der Waals surface area contributed by atoms with Gasteiger partial charge in [-0.15, -0.1) is 24.0 Å². The van der Waals surface area contributed by atoms with Gasteiger partial charge in [0.15, 0.2) is 5.96 Å². The van der Waals surface area contributed by atoms with Gasteiger partial charge in [-0.2, -0.15) is 0 Å². The molecule has 5 nitrogen and oxygen atoms in total. The van der Waals surface area contributed by atoms with Crippen LogP contribution >= 0.6 is 24.0 Å². The maximum Gasteiger partial charge on any atom is 0.305 e. The summed E-state index contributed by atoms with van der Waals surface area (Å²) in [5.41, 5.74) is 2.45. The first kappa shape index (κ1) is 21.7. The van der Waals surface area contributed by atoms with Crippen molar-refractivity contribution in [2.45, 2.75) is 40.2 Å². The summed E-state index contributed by atoms with van der Waals surface area (Å²) in [6.07, 6.45) is 1.16. The second kappa shape index (κ2) is 13.2. The van der Waals surface area contributed by atoms with Crippen LogP contribution in [0, 0.1) is 6.92 Å². The van der Waals surface area contributed by atoms with E-state index in [0.29, 0.717) is 26.1 Å². The first-order valence-electron chi connectivity index (χ1n) is 7.89. The predicted octanol–water partition coefficient (Wildman–Crippen LogP) is 3.01. The van der Waals surface area contributed by atoms with Gasteiger partial charge in [0, 0.05) is 19.5 Å². The second-order valence-electron chi connectivity index (χ2n) is 4.96. The van der Waals surface area contributed by atoms with Gasteiger partial charge in [0.05, 0.1) is 13.2 Å². The lowest BCUT2D eigenvalue weighted by Crippen LogP contribution is -2.37. The van der Waals surface area contributed by atoms with Crippen LogP contribution in [0.15, 0.2) is 29.3 Å². The lowest BCUT2D eigenvalue weighted by Gasteiger charge is -2.11. The number of hydrogen-bond acceptors (Lipinski definition) is 3. The molecule has 0 aliphatic carbocycles. The number of aryl methyl sites for hydroxylation is 1. The maximum atomic E-state index is 11.3. The molecule has 0 saturated heterocycles. The van der Waals surface area contributed by atoms with Crippen molar-refractivity contribution in [2.75, 3.05) is 19.7 Å². The molecule has 6 heteroatoms. The van der Waals surface area contributed by atoms with Gasteiger partial charge in [-0.1, -0.05) is 24.3 Å². The average molecular weight is 433 g/mol. The van der Waals surface area contributed by atoms with E-state index in [4.69, 9.17) is 4.74 Å². The van der Waals surface area contributed by atoms with Crippen molar-refractivity contribution >= 4 is 35.9 Å². The topological polar surface area (TPSA) is 62.7 Å². The van der Waals surface area contributed by atoms with Crippen molar-refractivity contribution in [1.29, 1.82) is 0 Å². The summed E-state index contributed by atoms with van der Waals surface area (Å²) in [6, 6.07) is 8.23. The molecule has 1 aromatic carbocycles. The van der Waals surface area contributed by atoms with E-state index in [0.717, 1.165) is 18.9 Å². The average Bonchev–Trinajstić information content (AvgIpc) is 2.50. The number of rotatable bonds is 8. The van der Waals surface area contributed by atoms with E-state index >= 15 is 0 Å². The van der Waals surface area contributed by atoms with Crippen molar-refractivity contribution in [3.63, 3.8) is 0 Å². The van der Waals surface area contributed by atoms with E-state index in [-0.39, 0.29) is 29.9 Å². The van der Waals surface area contributed by atoms with Gasteiger partial charge >= 0.3 is 5.97 Å². The fourth-order valence-electron chi connectivity index (χ4n) is 1.97. The largest absolute Gasteiger partial charge is 0.466 e. The summed E-state index contributed by atoms with van der Waals surface area (Å²) >= 11 is 0. The molecular weight excluding hydrogens is 405 g/mol. The lowest BCUT2D eigenvalue weighted by atomic mass is 10.1. The van der Waals surface area contributed by atoms with E-state index in [9.17, 15) is 4.79 Å². The summed E-state index contributed by atoms with van der Waals surface area (Å²) in [5.74, 6) is 0.626. The Hall–Kier alpha value is -1.31. The summed E-state index contributed by atoms with van der Waals surface area (Å²) < 4.78 is 4.90. The Morgan fingerprint density at radius 1 is 1.22 bits per heavy atom. The highest BCUT2D eigenvalue weighted by Crippen LogP contribution is 2.07. The number of hydrogen-bond donors (Lipinski definition) is 2. The Kier molecular flexibility index (Phi) is 12.4. The van der Waals surface area contributed by atoms with Gasteiger partial charge in [-0.3, -0.25) is 4.79 Å². The van der Waals surface area contributed by atoms with Crippen LogP contribution < -0.4 is 10.6 Å². The predicted molar refractivity (Wildman–Crippen MR) is 105 cm³/mol. The van der Waals surface area contributed by atoms with Crippen LogP contribution in [0.3, 0.4) is 0 Å². The van der Waals surface area contributed by atoms with Crippen molar-refractivity contribution in [2.24, 2.45) is 4.99 Å². The SMILES string of the molecule is CCNC(=NCc1ccccc1C)NCCCC(=O)OCC.I. The highest BCUT2D eigenvalue weighted by atomic mass is 127. The molecule has 23 heavy (non-hydrogen) atoms. The van der Waals surface area contributed by atoms with E-state index in [1.165, 1.54) is 11.1 Å². The molecule has 0 bridgehead atoms. The summed E-state index contributed by atoms with van der Waals surface area (Å²) in [7, 11) is 0. The molecule has 0 spiro atoms. The van der Waals surface area contributed by atoms with Crippen LogP contribution in [0.2, 0.25) is 0 Å². The van der Waals surface area contributed by atoms with Gasteiger partial charge in [0.1, 0.15) is 0 Å². The Morgan fingerprint density at radius 3 is 2.61 bits per heavy atom. The number of carbonyl (C=O) groups excluding carboxylic acids is 1. The van der Waals surface area contributed by atoms with Crippen LogP contribution in [0.4, 0.5) is 0 Å². The number of esters is 1. The summed E-state index contributed by atoms with van der Waals surface area (Å²) in [6.45, 7) is 8.51. The first-order chi connectivity index (χ1) is 10.7. The normalized spacial score (nSPS) is 10.7. The summed E-state index contributed by atoms with van der Waals surface area (Å²) in [4.78, 5) is 15.8. The van der Waals surface area contributed by atoms with Crippen molar-refractivity contribution in [3.05, 3.63) is 35.4 Å². The number of halogens is 1. The van der Waals surface area contributed by atoms with E-state index in [2.05, 4.69) is 34.7 Å². The number of ether oxygens (including phenoxy) is 1. The minimum Gasteiger partial charge on any atom is -0.466 e. The van der Waals surface area contributed by atoms with Crippen LogP contribution in [0.25, 0.3) is 0 Å². The number of aliphatic imine (C=N–C) groups is 1. The third-order valence-corrected chi connectivity index (χ3v) is 3.17. The second-order valence-corrected chi connectivity index (χ2v) is 4.96. The quantitative estimate of drug-likeness (QED) is 0.218. The van der Waals surface area contributed by atoms with Crippen LogP contribution in [-0.4, -0.2) is 31.6 Å². The molecule has 0 aliphatic rings. The van der Waals surface area contributed by atoms with E-state index in [1.54, 1.807) is 0 Å². The molecule has 130 valence electrons. The minimum absolute atomic E-state index is 0. The van der Waals surface area contributed by atoms with Crippen molar-refractivity contribution in [3.8, 4) is 0 Å². The highest BCUT2D eigenvalue weighted by molar-refractivity contribution is 14.0. The number of nitrogens with zero attached hydrogens (tertiary/aromatic N) is 1. The molecular formula is C17H28IN3O2. The Labute approximate surface area is 156 Å². The van der Waals surface area contributed by atoms with Crippen LogP contribution in [0.1, 0.15) is 37.8 Å². The molecule has 0 atom stereocenters. The molecule has 2 N–H and O–H groups in total. The van der Waals surface area contributed by atoms with Gasteiger partial charge in [-0.25, -0.2) is 4.99 Å². The third kappa shape index (κ3) is 9.43. The van der Waals surface area contributed by atoms with Gasteiger partial charge < -0.3 is 15.4 Å². The summed E-state index contributed by atoms with van der Waals surface area (Å²) in [5, 5.41) is 6.45. The lowest BCUT2D eigenvalue weighted by molar-refractivity contribution is -0.143. The minimum atomic E-state index is -0.147. The molecule has 0 fully saturated rings. The molecule has 0 heterocycles. The Balaban J connectivity index is 0.00000484. The number of nitrogens with one attached hydrogen (secondary N) is 2. The zero-order valence-corrected chi connectivity index (χ0v) is 16.6. The molecule has 1 rings (SSSR count). The van der Waals surface area contributed by atoms with Crippen LogP contribution in [-0.2, 0) is 16.1 Å². The number of guanidine groups is 1. The van der Waals surface area contributed by atoms with E-state index < -0.39 is 0 Å². The highest BCUT2D eigenvalue weighted by Gasteiger charge is 2.02. The zero-order chi connectivity index (χ0) is 16.2. The standard InChI is InChI=1S/C17H27N3O2.HI/c1-4-18-17(19-12-8-11-16(21)22-5-2)20-13-15-10-7-6-9-14(15)3;/h6-7,9-10H,4-5,8,11-13H2,1-3H3,(H2,18,19,20);1H. The molecule has 0 saturated carbocycles. The Morgan fingerprint density at radius 2 is 1.96 bits per heavy atom. The Bertz CT molecular complexity index is 492. The third-order valence-electron chi connectivity index (χ3n) is 3.17. The van der Waals surface area contributed by atoms with Gasteiger partial charge in [0.2, 0.25) is 0 Å².